The quantitative estimate of drug-likeness (QED) is 0.532. The van der Waals surface area contributed by atoms with Crippen LogP contribution in [-0.4, -0.2) is 0 Å². The minimum absolute atomic E-state index is 0.466. The van der Waals surface area contributed by atoms with Crippen LogP contribution in [0.1, 0.15) is 11.5 Å². The summed E-state index contributed by atoms with van der Waals surface area (Å²) in [5.41, 5.74) is 0. The first kappa shape index (κ1) is 5.70. The highest BCUT2D eigenvalue weighted by molar-refractivity contribution is 6.16. The SMILES string of the molecule is Cc1ccc(CCl)o1. The zero-order valence-corrected chi connectivity index (χ0v) is 5.40. The maximum Gasteiger partial charge on any atom is 0.118 e. The molecule has 0 aliphatic rings. The van der Waals surface area contributed by atoms with E-state index in [4.69, 9.17) is 16.0 Å². The van der Waals surface area contributed by atoms with Crippen molar-refractivity contribution in [2.45, 2.75) is 12.8 Å². The maximum atomic E-state index is 5.45. The van der Waals surface area contributed by atoms with Crippen LogP contribution in [0.4, 0.5) is 0 Å². The Bertz CT molecular complexity index is 169. The van der Waals surface area contributed by atoms with Gasteiger partial charge in [0.2, 0.25) is 0 Å². The molecule has 0 aliphatic carbocycles. The topological polar surface area (TPSA) is 13.1 Å². The van der Waals surface area contributed by atoms with Crippen LogP contribution in [-0.2, 0) is 5.88 Å². The van der Waals surface area contributed by atoms with Gasteiger partial charge in [0.1, 0.15) is 11.5 Å². The predicted octanol–water partition coefficient (Wildman–Crippen LogP) is 2.33. The van der Waals surface area contributed by atoms with Gasteiger partial charge in [0.05, 0.1) is 5.88 Å². The lowest BCUT2D eigenvalue weighted by atomic mass is 10.5. The number of hydrogen-bond donors (Lipinski definition) is 0. The van der Waals surface area contributed by atoms with Crippen molar-refractivity contribution in [1.82, 2.24) is 0 Å². The lowest BCUT2D eigenvalue weighted by Gasteiger charge is -1.81. The first-order valence-electron chi connectivity index (χ1n) is 2.44. The van der Waals surface area contributed by atoms with Gasteiger partial charge in [0, 0.05) is 0 Å². The van der Waals surface area contributed by atoms with E-state index >= 15 is 0 Å². The molecule has 0 fully saturated rings. The molecule has 1 rings (SSSR count). The van der Waals surface area contributed by atoms with E-state index in [1.807, 2.05) is 19.1 Å². The molecule has 1 aromatic rings. The highest BCUT2D eigenvalue weighted by Crippen LogP contribution is 2.07. The molecule has 0 atom stereocenters. The van der Waals surface area contributed by atoms with Crippen molar-refractivity contribution in [2.24, 2.45) is 0 Å². The van der Waals surface area contributed by atoms with Gasteiger partial charge >= 0.3 is 0 Å². The van der Waals surface area contributed by atoms with Crippen molar-refractivity contribution in [1.29, 1.82) is 0 Å². The summed E-state index contributed by atoms with van der Waals surface area (Å²) in [5.74, 6) is 2.22. The minimum Gasteiger partial charge on any atom is -0.465 e. The van der Waals surface area contributed by atoms with Gasteiger partial charge < -0.3 is 4.42 Å². The third kappa shape index (κ3) is 1.04. The fourth-order valence-corrected chi connectivity index (χ4v) is 0.701. The van der Waals surface area contributed by atoms with Gasteiger partial charge in [-0.25, -0.2) is 0 Å². The molecule has 0 aromatic carbocycles. The second-order valence-electron chi connectivity index (χ2n) is 1.65. The van der Waals surface area contributed by atoms with Gasteiger partial charge in [-0.15, -0.1) is 11.6 Å². The Hall–Kier alpha value is -0.430. The fraction of sp³-hybridized carbons (Fsp3) is 0.333. The summed E-state index contributed by atoms with van der Waals surface area (Å²) < 4.78 is 5.10. The van der Waals surface area contributed by atoms with Gasteiger partial charge in [-0.05, 0) is 19.1 Å². The highest BCUT2D eigenvalue weighted by Gasteiger charge is 1.92. The van der Waals surface area contributed by atoms with E-state index in [0.29, 0.717) is 5.88 Å². The lowest BCUT2D eigenvalue weighted by molar-refractivity contribution is 0.500. The third-order valence-corrected chi connectivity index (χ3v) is 1.19. The Kier molecular flexibility index (Phi) is 1.59. The molecule has 0 saturated carbocycles. The van der Waals surface area contributed by atoms with Crippen molar-refractivity contribution in [2.75, 3.05) is 0 Å². The number of rotatable bonds is 1. The molecule has 1 heterocycles. The monoisotopic (exact) mass is 130 g/mol. The molecule has 0 amide bonds. The van der Waals surface area contributed by atoms with Crippen LogP contribution in [0.5, 0.6) is 0 Å². The number of aryl methyl sites for hydroxylation is 1. The number of furan rings is 1. The Labute approximate surface area is 53.3 Å². The van der Waals surface area contributed by atoms with Crippen LogP contribution in [0.3, 0.4) is 0 Å². The van der Waals surface area contributed by atoms with Gasteiger partial charge in [-0.2, -0.15) is 0 Å². The zero-order chi connectivity index (χ0) is 5.98. The molecule has 1 nitrogen and oxygen atoms in total. The summed E-state index contributed by atoms with van der Waals surface area (Å²) in [6, 6.07) is 3.78. The first-order valence-corrected chi connectivity index (χ1v) is 2.97. The van der Waals surface area contributed by atoms with Gasteiger partial charge in [-0.3, -0.25) is 0 Å². The summed E-state index contributed by atoms with van der Waals surface area (Å²) >= 11 is 5.45. The van der Waals surface area contributed by atoms with Crippen molar-refractivity contribution < 1.29 is 4.42 Å². The molecule has 8 heavy (non-hydrogen) atoms. The molecular weight excluding hydrogens is 124 g/mol. The summed E-state index contributed by atoms with van der Waals surface area (Å²) in [4.78, 5) is 0. The largest absolute Gasteiger partial charge is 0.465 e. The van der Waals surface area contributed by atoms with Crippen LogP contribution in [0.2, 0.25) is 0 Å². The fourth-order valence-electron chi connectivity index (χ4n) is 0.557. The van der Waals surface area contributed by atoms with E-state index in [-0.39, 0.29) is 0 Å². The highest BCUT2D eigenvalue weighted by atomic mass is 35.5. The van der Waals surface area contributed by atoms with Gasteiger partial charge in [0.15, 0.2) is 0 Å². The van der Waals surface area contributed by atoms with Crippen molar-refractivity contribution >= 4 is 11.6 Å². The Morgan fingerprint density at radius 3 is 2.62 bits per heavy atom. The number of halogens is 1. The van der Waals surface area contributed by atoms with Crippen molar-refractivity contribution in [3.8, 4) is 0 Å². The van der Waals surface area contributed by atoms with E-state index in [9.17, 15) is 0 Å². The first-order chi connectivity index (χ1) is 3.83. The molecular formula is C6H7ClO. The molecule has 0 spiro atoms. The average Bonchev–Trinajstić information content (AvgIpc) is 2.14. The minimum atomic E-state index is 0.466. The Morgan fingerprint density at radius 2 is 2.38 bits per heavy atom. The van der Waals surface area contributed by atoms with Crippen LogP contribution < -0.4 is 0 Å². The maximum absolute atomic E-state index is 5.45. The van der Waals surface area contributed by atoms with Crippen LogP contribution >= 0.6 is 11.6 Å². The Morgan fingerprint density at radius 1 is 1.62 bits per heavy atom. The summed E-state index contributed by atoms with van der Waals surface area (Å²) in [5, 5.41) is 0. The molecule has 1 aromatic heterocycles. The van der Waals surface area contributed by atoms with E-state index in [0.717, 1.165) is 11.5 Å². The van der Waals surface area contributed by atoms with Crippen molar-refractivity contribution in [3.05, 3.63) is 23.7 Å². The molecule has 0 aliphatic heterocycles. The van der Waals surface area contributed by atoms with Crippen molar-refractivity contribution in [3.63, 3.8) is 0 Å². The normalized spacial score (nSPS) is 9.75. The smallest absolute Gasteiger partial charge is 0.118 e. The second kappa shape index (κ2) is 2.23. The predicted molar refractivity (Wildman–Crippen MR) is 33.0 cm³/mol. The molecule has 2 heteroatoms. The van der Waals surface area contributed by atoms with E-state index in [1.54, 1.807) is 0 Å². The molecule has 0 unspecified atom stereocenters. The molecule has 0 bridgehead atoms. The summed E-state index contributed by atoms with van der Waals surface area (Å²) in [6.07, 6.45) is 0. The van der Waals surface area contributed by atoms with Crippen LogP contribution in [0.15, 0.2) is 16.5 Å². The van der Waals surface area contributed by atoms with Crippen LogP contribution in [0, 0.1) is 6.92 Å². The molecule has 44 valence electrons. The standard InChI is InChI=1S/C6H7ClO/c1-5-2-3-6(4-7)8-5/h2-3H,4H2,1H3. The number of hydrogen-bond acceptors (Lipinski definition) is 1. The molecule has 0 radical (unpaired) electrons. The lowest BCUT2D eigenvalue weighted by Crippen LogP contribution is -1.64. The zero-order valence-electron chi connectivity index (χ0n) is 4.65. The third-order valence-electron chi connectivity index (χ3n) is 0.928. The Balaban J connectivity index is 2.84. The van der Waals surface area contributed by atoms with Gasteiger partial charge in [0.25, 0.3) is 0 Å². The molecule has 0 saturated heterocycles. The van der Waals surface area contributed by atoms with E-state index in [1.165, 1.54) is 0 Å². The average molecular weight is 131 g/mol. The summed E-state index contributed by atoms with van der Waals surface area (Å²) in [6.45, 7) is 1.90. The number of alkyl halides is 1. The van der Waals surface area contributed by atoms with Gasteiger partial charge in [-0.1, -0.05) is 0 Å². The van der Waals surface area contributed by atoms with E-state index in [2.05, 4.69) is 0 Å². The van der Waals surface area contributed by atoms with E-state index < -0.39 is 0 Å². The molecule has 0 N–H and O–H groups in total. The van der Waals surface area contributed by atoms with Crippen LogP contribution in [0.25, 0.3) is 0 Å². The second-order valence-corrected chi connectivity index (χ2v) is 1.91. The summed E-state index contributed by atoms with van der Waals surface area (Å²) in [7, 11) is 0.